The third-order valence-electron chi connectivity index (χ3n) is 1.04. The molecule has 0 unspecified atom stereocenters. The first-order valence-corrected chi connectivity index (χ1v) is 3.61. The summed E-state index contributed by atoms with van der Waals surface area (Å²) in [5, 5.41) is 9.73. The number of rotatable bonds is 4. The maximum absolute atomic E-state index is 10.4. The fourth-order valence-electron chi connectivity index (χ4n) is 0.598. The molecular formula is C7H14N2O2. The van der Waals surface area contributed by atoms with Crippen molar-refractivity contribution in [2.24, 2.45) is 0 Å². The van der Waals surface area contributed by atoms with Crippen LogP contribution in [-0.4, -0.2) is 25.0 Å². The topological polar surface area (TPSA) is 62.2 Å². The summed E-state index contributed by atoms with van der Waals surface area (Å²) in [5.41, 5.74) is 0. The molecule has 0 aliphatic carbocycles. The first-order valence-electron chi connectivity index (χ1n) is 3.61. The molecule has 0 saturated heterocycles. The van der Waals surface area contributed by atoms with Crippen molar-refractivity contribution < 1.29 is 9.53 Å². The predicted molar refractivity (Wildman–Crippen MR) is 42.7 cm³/mol. The molecule has 0 bridgehead atoms. The van der Waals surface area contributed by atoms with E-state index >= 15 is 0 Å². The molecule has 11 heavy (non-hydrogen) atoms. The molecule has 2 N–H and O–H groups in total. The van der Waals surface area contributed by atoms with E-state index in [-0.39, 0.29) is 11.8 Å². The first kappa shape index (κ1) is 9.94. The Bertz CT molecular complexity index is 145. The van der Waals surface area contributed by atoms with Gasteiger partial charge in [-0.1, -0.05) is 0 Å². The second-order valence-corrected chi connectivity index (χ2v) is 2.09. The quantitative estimate of drug-likeness (QED) is 0.463. The summed E-state index contributed by atoms with van der Waals surface area (Å²) in [6.07, 6.45) is 0.466. The van der Waals surface area contributed by atoms with Crippen molar-refractivity contribution in [3.63, 3.8) is 0 Å². The zero-order chi connectivity index (χ0) is 8.69. The predicted octanol–water partition coefficient (Wildman–Crippen LogP) is 0.526. The Labute approximate surface area is 66.4 Å². The number of nitrogens with one attached hydrogen (secondary N) is 2. The monoisotopic (exact) mass is 158 g/mol. The average molecular weight is 158 g/mol. The molecule has 4 nitrogen and oxygen atoms in total. The van der Waals surface area contributed by atoms with Crippen molar-refractivity contribution in [2.45, 2.75) is 20.3 Å². The normalized spacial score (nSPS) is 8.91. The number of carbonyl (C=O) groups excluding carboxylic acids is 1. The van der Waals surface area contributed by atoms with Crippen molar-refractivity contribution in [1.29, 1.82) is 5.41 Å². The minimum atomic E-state index is -0.0747. The molecule has 0 aliphatic rings. The van der Waals surface area contributed by atoms with Gasteiger partial charge in [-0.3, -0.25) is 10.2 Å². The molecule has 4 heteroatoms. The van der Waals surface area contributed by atoms with Gasteiger partial charge in [0.2, 0.25) is 5.91 Å². The van der Waals surface area contributed by atoms with Crippen LogP contribution in [0.5, 0.6) is 0 Å². The van der Waals surface area contributed by atoms with E-state index in [0.29, 0.717) is 19.6 Å². The molecule has 0 heterocycles. The van der Waals surface area contributed by atoms with Crippen LogP contribution in [0.2, 0.25) is 0 Å². The summed E-state index contributed by atoms with van der Waals surface area (Å²) in [6.45, 7) is 4.27. The van der Waals surface area contributed by atoms with Gasteiger partial charge in [0.25, 0.3) is 0 Å². The maximum Gasteiger partial charge on any atom is 0.216 e. The molecule has 64 valence electrons. The lowest BCUT2D eigenvalue weighted by molar-refractivity contribution is -0.118. The Kier molecular flexibility index (Phi) is 5.15. The van der Waals surface area contributed by atoms with Gasteiger partial charge in [0, 0.05) is 19.9 Å². The summed E-state index contributed by atoms with van der Waals surface area (Å²) in [4.78, 5) is 10.4. The van der Waals surface area contributed by atoms with Crippen LogP contribution in [0.3, 0.4) is 0 Å². The molecule has 0 saturated carbocycles. The molecule has 1 amide bonds. The van der Waals surface area contributed by atoms with E-state index in [4.69, 9.17) is 10.1 Å². The minimum Gasteiger partial charge on any atom is -0.481 e. The van der Waals surface area contributed by atoms with Gasteiger partial charge in [0.05, 0.1) is 6.61 Å². The summed E-state index contributed by atoms with van der Waals surface area (Å²) in [6, 6.07) is 0. The molecule has 0 atom stereocenters. The van der Waals surface area contributed by atoms with Gasteiger partial charge in [-0.25, -0.2) is 0 Å². The van der Waals surface area contributed by atoms with E-state index in [1.807, 2.05) is 6.92 Å². The Morgan fingerprint density at radius 2 is 2.27 bits per heavy atom. The SMILES string of the molecule is CCOC(=N)CCNC(C)=O. The lowest BCUT2D eigenvalue weighted by atomic mass is 10.4. The van der Waals surface area contributed by atoms with Crippen LogP contribution >= 0.6 is 0 Å². The average Bonchev–Trinajstić information content (AvgIpc) is 1.87. The molecule has 0 radical (unpaired) electrons. The largest absolute Gasteiger partial charge is 0.481 e. The molecule has 0 aromatic heterocycles. The van der Waals surface area contributed by atoms with Gasteiger partial charge in [0.15, 0.2) is 5.90 Å². The summed E-state index contributed by atoms with van der Waals surface area (Å²) in [7, 11) is 0. The molecule has 0 aromatic rings. The van der Waals surface area contributed by atoms with Gasteiger partial charge in [0.1, 0.15) is 0 Å². The fourth-order valence-corrected chi connectivity index (χ4v) is 0.598. The van der Waals surface area contributed by atoms with Crippen molar-refractivity contribution in [3.8, 4) is 0 Å². The smallest absolute Gasteiger partial charge is 0.216 e. The lowest BCUT2D eigenvalue weighted by Crippen LogP contribution is -2.23. The Hall–Kier alpha value is -1.06. The summed E-state index contributed by atoms with van der Waals surface area (Å²) >= 11 is 0. The standard InChI is InChI=1S/C7H14N2O2/c1-3-11-7(8)4-5-9-6(2)10/h8H,3-5H2,1-2H3,(H,9,10). The van der Waals surface area contributed by atoms with Gasteiger partial charge in [-0.05, 0) is 6.92 Å². The third-order valence-corrected chi connectivity index (χ3v) is 1.04. The van der Waals surface area contributed by atoms with Crippen molar-refractivity contribution >= 4 is 11.8 Å². The Morgan fingerprint density at radius 3 is 2.73 bits per heavy atom. The number of carbonyl (C=O) groups is 1. The second-order valence-electron chi connectivity index (χ2n) is 2.09. The van der Waals surface area contributed by atoms with Gasteiger partial charge in [-0.15, -0.1) is 0 Å². The zero-order valence-corrected chi connectivity index (χ0v) is 6.94. The molecule has 0 rings (SSSR count). The molecule has 0 aromatic carbocycles. The zero-order valence-electron chi connectivity index (χ0n) is 6.94. The van der Waals surface area contributed by atoms with E-state index in [1.54, 1.807) is 0 Å². The van der Waals surface area contributed by atoms with Crippen LogP contribution < -0.4 is 5.32 Å². The van der Waals surface area contributed by atoms with Crippen LogP contribution in [-0.2, 0) is 9.53 Å². The van der Waals surface area contributed by atoms with E-state index in [0.717, 1.165) is 0 Å². The van der Waals surface area contributed by atoms with Crippen molar-refractivity contribution in [2.75, 3.05) is 13.2 Å². The van der Waals surface area contributed by atoms with E-state index in [2.05, 4.69) is 5.32 Å². The van der Waals surface area contributed by atoms with Crippen LogP contribution in [0, 0.1) is 5.41 Å². The fraction of sp³-hybridized carbons (Fsp3) is 0.714. The highest BCUT2D eigenvalue weighted by molar-refractivity contribution is 5.75. The highest BCUT2D eigenvalue weighted by atomic mass is 16.5. The summed E-state index contributed by atoms with van der Waals surface area (Å²) < 4.78 is 4.86. The summed E-state index contributed by atoms with van der Waals surface area (Å²) in [5.74, 6) is 0.149. The second kappa shape index (κ2) is 5.70. The van der Waals surface area contributed by atoms with Gasteiger partial charge >= 0.3 is 0 Å². The number of ether oxygens (including phenoxy) is 1. The van der Waals surface area contributed by atoms with Crippen LogP contribution in [0.1, 0.15) is 20.3 Å². The first-order chi connectivity index (χ1) is 5.16. The van der Waals surface area contributed by atoms with Crippen molar-refractivity contribution in [3.05, 3.63) is 0 Å². The lowest BCUT2D eigenvalue weighted by Gasteiger charge is -2.04. The van der Waals surface area contributed by atoms with Crippen LogP contribution in [0.4, 0.5) is 0 Å². The molecular weight excluding hydrogens is 144 g/mol. The van der Waals surface area contributed by atoms with Crippen LogP contribution in [0.15, 0.2) is 0 Å². The van der Waals surface area contributed by atoms with E-state index in [9.17, 15) is 4.79 Å². The molecule has 0 fully saturated rings. The number of hydrogen-bond donors (Lipinski definition) is 2. The van der Waals surface area contributed by atoms with E-state index < -0.39 is 0 Å². The highest BCUT2D eigenvalue weighted by Crippen LogP contribution is 1.84. The third kappa shape index (κ3) is 6.83. The maximum atomic E-state index is 10.4. The Morgan fingerprint density at radius 1 is 1.64 bits per heavy atom. The van der Waals surface area contributed by atoms with E-state index in [1.165, 1.54) is 6.92 Å². The molecule has 0 aliphatic heterocycles. The van der Waals surface area contributed by atoms with Gasteiger partial charge in [-0.2, -0.15) is 0 Å². The van der Waals surface area contributed by atoms with Gasteiger partial charge < -0.3 is 10.1 Å². The van der Waals surface area contributed by atoms with Crippen molar-refractivity contribution in [1.82, 2.24) is 5.32 Å². The number of hydrogen-bond acceptors (Lipinski definition) is 3. The number of amides is 1. The minimum absolute atomic E-state index is 0.0747. The van der Waals surface area contributed by atoms with Crippen LogP contribution in [0.25, 0.3) is 0 Å². The highest BCUT2D eigenvalue weighted by Gasteiger charge is 1.96. The Balaban J connectivity index is 3.24. The molecule has 0 spiro atoms.